The molecule has 0 aromatic heterocycles. The van der Waals surface area contributed by atoms with E-state index in [1.807, 2.05) is 0 Å². The van der Waals surface area contributed by atoms with Crippen LogP contribution in [0.1, 0.15) is 13.3 Å². The zero-order valence-electron chi connectivity index (χ0n) is 6.72. The molecule has 0 bridgehead atoms. The number of rotatable bonds is 4. The van der Waals surface area contributed by atoms with Gasteiger partial charge in [0.25, 0.3) is 0 Å². The number of hydrogen-bond donors (Lipinski definition) is 0. The third-order valence-corrected chi connectivity index (χ3v) is 0.988. The Balaban J connectivity index is 3.47. The highest BCUT2D eigenvalue weighted by Gasteiger charge is 1.99. The van der Waals surface area contributed by atoms with Crippen LogP contribution in [0.15, 0.2) is 30.5 Å². The van der Waals surface area contributed by atoms with Crippen LogP contribution in [0.4, 0.5) is 0 Å². The summed E-state index contributed by atoms with van der Waals surface area (Å²) in [4.78, 5) is 10.7. The molecule has 0 N–H and O–H groups in total. The van der Waals surface area contributed by atoms with E-state index in [1.54, 1.807) is 13.0 Å². The number of carbonyl (C=O) groups excluding carboxylic acids is 1. The Hall–Kier alpha value is -1.27. The van der Waals surface area contributed by atoms with Crippen LogP contribution in [0.2, 0.25) is 0 Å². The van der Waals surface area contributed by atoms with Crippen molar-refractivity contribution < 1.29 is 9.53 Å². The lowest BCUT2D eigenvalue weighted by Crippen LogP contribution is -2.05. The van der Waals surface area contributed by atoms with E-state index >= 15 is 0 Å². The van der Waals surface area contributed by atoms with Gasteiger partial charge >= 0.3 is 5.97 Å². The highest BCUT2D eigenvalue weighted by molar-refractivity contribution is 5.86. The molecular formula is C9H12O2. The number of esters is 1. The Morgan fingerprint density at radius 3 is 2.82 bits per heavy atom. The van der Waals surface area contributed by atoms with Crippen molar-refractivity contribution >= 4 is 5.97 Å². The third kappa shape index (κ3) is 5.19. The van der Waals surface area contributed by atoms with Gasteiger partial charge in [-0.05, 0) is 13.0 Å². The molecule has 0 heterocycles. The van der Waals surface area contributed by atoms with Gasteiger partial charge in [-0.2, -0.15) is 0 Å². The molecule has 60 valence electrons. The van der Waals surface area contributed by atoms with E-state index in [0.717, 1.165) is 0 Å². The van der Waals surface area contributed by atoms with Crippen LogP contribution in [0.25, 0.3) is 0 Å². The Morgan fingerprint density at radius 2 is 2.36 bits per heavy atom. The maximum absolute atomic E-state index is 10.7. The van der Waals surface area contributed by atoms with Gasteiger partial charge in [0.1, 0.15) is 0 Å². The highest BCUT2D eigenvalue weighted by Crippen LogP contribution is 1.93. The summed E-state index contributed by atoms with van der Waals surface area (Å²) in [5, 5.41) is 0. The molecular weight excluding hydrogens is 140 g/mol. The third-order valence-electron chi connectivity index (χ3n) is 0.988. The molecule has 0 spiro atoms. The van der Waals surface area contributed by atoms with Crippen LogP contribution in [0.3, 0.4) is 0 Å². The lowest BCUT2D eigenvalue weighted by atomic mass is 10.3. The van der Waals surface area contributed by atoms with Crippen LogP contribution < -0.4 is 0 Å². The van der Waals surface area contributed by atoms with Crippen molar-refractivity contribution in [1.82, 2.24) is 0 Å². The van der Waals surface area contributed by atoms with E-state index in [1.165, 1.54) is 0 Å². The van der Waals surface area contributed by atoms with Gasteiger partial charge in [-0.15, -0.1) is 5.73 Å². The molecule has 0 aromatic carbocycles. The predicted molar refractivity (Wildman–Crippen MR) is 44.1 cm³/mol. The van der Waals surface area contributed by atoms with Crippen LogP contribution in [-0.4, -0.2) is 12.6 Å². The first-order valence-electron chi connectivity index (χ1n) is 3.35. The smallest absolute Gasteiger partial charge is 0.333 e. The molecule has 0 aliphatic rings. The van der Waals surface area contributed by atoms with E-state index in [0.29, 0.717) is 18.6 Å². The summed E-state index contributed by atoms with van der Waals surface area (Å²) in [7, 11) is 0. The molecule has 11 heavy (non-hydrogen) atoms. The van der Waals surface area contributed by atoms with Crippen LogP contribution in [0.5, 0.6) is 0 Å². The maximum atomic E-state index is 10.7. The molecule has 2 heteroatoms. The van der Waals surface area contributed by atoms with Crippen LogP contribution in [0, 0.1) is 0 Å². The van der Waals surface area contributed by atoms with Crippen molar-refractivity contribution in [2.24, 2.45) is 0 Å². The molecule has 0 atom stereocenters. The minimum Gasteiger partial charge on any atom is -0.462 e. The number of carbonyl (C=O) groups is 1. The average molecular weight is 152 g/mol. The standard InChI is InChI=1S/C9H12O2/c1-4-5-6-7-11-9(10)8(2)3/h5H,1-2,6-7H2,3H3. The van der Waals surface area contributed by atoms with Crippen molar-refractivity contribution in [3.8, 4) is 0 Å². The second kappa shape index (κ2) is 5.51. The molecule has 0 unspecified atom stereocenters. The van der Waals surface area contributed by atoms with Gasteiger partial charge in [0, 0.05) is 12.0 Å². The Morgan fingerprint density at radius 1 is 1.73 bits per heavy atom. The van der Waals surface area contributed by atoms with E-state index in [9.17, 15) is 4.79 Å². The van der Waals surface area contributed by atoms with Crippen molar-refractivity contribution in [1.29, 1.82) is 0 Å². The first-order chi connectivity index (χ1) is 5.18. The predicted octanol–water partition coefficient (Wildman–Crippen LogP) is 1.84. The second-order valence-electron chi connectivity index (χ2n) is 2.11. The summed E-state index contributed by atoms with van der Waals surface area (Å²) < 4.78 is 4.77. The largest absolute Gasteiger partial charge is 0.462 e. The summed E-state index contributed by atoms with van der Waals surface area (Å²) in [6, 6.07) is 0. The normalized spacial score (nSPS) is 8.09. The lowest BCUT2D eigenvalue weighted by Gasteiger charge is -1.99. The highest BCUT2D eigenvalue weighted by atomic mass is 16.5. The fourth-order valence-corrected chi connectivity index (χ4v) is 0.436. The zero-order valence-corrected chi connectivity index (χ0v) is 6.72. The molecule has 0 aliphatic carbocycles. The van der Waals surface area contributed by atoms with E-state index in [-0.39, 0.29) is 5.97 Å². The molecule has 0 fully saturated rings. The van der Waals surface area contributed by atoms with Gasteiger partial charge in [-0.3, -0.25) is 0 Å². The topological polar surface area (TPSA) is 26.3 Å². The molecule has 0 aromatic rings. The van der Waals surface area contributed by atoms with Gasteiger partial charge in [-0.25, -0.2) is 4.79 Å². The van der Waals surface area contributed by atoms with Crippen molar-refractivity contribution in [2.45, 2.75) is 13.3 Å². The van der Waals surface area contributed by atoms with Gasteiger partial charge in [0.2, 0.25) is 0 Å². The fourth-order valence-electron chi connectivity index (χ4n) is 0.436. The number of ether oxygens (including phenoxy) is 1. The summed E-state index contributed by atoms with van der Waals surface area (Å²) in [5.74, 6) is -0.345. The van der Waals surface area contributed by atoms with Gasteiger partial charge < -0.3 is 4.74 Å². The van der Waals surface area contributed by atoms with Gasteiger partial charge in [0.15, 0.2) is 0 Å². The van der Waals surface area contributed by atoms with Gasteiger partial charge in [-0.1, -0.05) is 13.2 Å². The molecule has 2 nitrogen and oxygen atoms in total. The quantitative estimate of drug-likeness (QED) is 0.266. The fraction of sp³-hybridized carbons (Fsp3) is 0.333. The van der Waals surface area contributed by atoms with Gasteiger partial charge in [0.05, 0.1) is 6.61 Å². The van der Waals surface area contributed by atoms with E-state index < -0.39 is 0 Å². The first kappa shape index (κ1) is 9.73. The summed E-state index contributed by atoms with van der Waals surface area (Å²) in [6.07, 6.45) is 2.37. The molecule has 0 rings (SSSR count). The van der Waals surface area contributed by atoms with E-state index in [4.69, 9.17) is 4.74 Å². The summed E-state index contributed by atoms with van der Waals surface area (Å²) in [5.41, 5.74) is 3.01. The van der Waals surface area contributed by atoms with E-state index in [2.05, 4.69) is 18.9 Å². The Kier molecular flexibility index (Phi) is 4.87. The minimum atomic E-state index is -0.345. The maximum Gasteiger partial charge on any atom is 0.333 e. The summed E-state index contributed by atoms with van der Waals surface area (Å²) >= 11 is 0. The number of hydrogen-bond acceptors (Lipinski definition) is 2. The molecule has 0 saturated carbocycles. The van der Waals surface area contributed by atoms with Crippen LogP contribution in [-0.2, 0) is 9.53 Å². The lowest BCUT2D eigenvalue weighted by molar-refractivity contribution is -0.138. The second-order valence-corrected chi connectivity index (χ2v) is 2.11. The minimum absolute atomic E-state index is 0.345. The Labute approximate surface area is 66.9 Å². The first-order valence-corrected chi connectivity index (χ1v) is 3.35. The molecule has 0 radical (unpaired) electrons. The monoisotopic (exact) mass is 152 g/mol. The van der Waals surface area contributed by atoms with Crippen molar-refractivity contribution in [3.63, 3.8) is 0 Å². The molecule has 0 saturated heterocycles. The van der Waals surface area contributed by atoms with Crippen molar-refractivity contribution in [3.05, 3.63) is 30.5 Å². The average Bonchev–Trinajstić information content (AvgIpc) is 1.97. The van der Waals surface area contributed by atoms with Crippen LogP contribution >= 0.6 is 0 Å². The zero-order chi connectivity index (χ0) is 8.69. The summed E-state index contributed by atoms with van der Waals surface area (Å²) in [6.45, 7) is 8.80. The molecule has 0 amide bonds. The molecule has 0 aliphatic heterocycles. The van der Waals surface area contributed by atoms with Crippen molar-refractivity contribution in [2.75, 3.05) is 6.61 Å². The Bertz CT molecular complexity index is 198. The SMILES string of the molecule is C=C=CCCOC(=O)C(=C)C.